The minimum absolute atomic E-state index is 0.0636. The molecule has 0 unspecified atom stereocenters. The zero-order valence-corrected chi connectivity index (χ0v) is 21.4. The first-order valence-electron chi connectivity index (χ1n) is 12.3. The van der Waals surface area contributed by atoms with Crippen LogP contribution in [0.25, 0.3) is 0 Å². The van der Waals surface area contributed by atoms with Gasteiger partial charge in [-0.15, -0.1) is 0 Å². The number of carbonyl (C=O) groups excluding carboxylic acids is 1. The van der Waals surface area contributed by atoms with Crippen molar-refractivity contribution in [2.24, 2.45) is 0 Å². The standard InChI is InChI=1S/C24H44O12/c1-2-28-7-8-29-9-10-30-11-12-31-13-14-32-15-16-33-17-18-34-19-20-35-21-22-36-24(27)6-4-3-5-23(25)26/h2H,1,3-22H2,(H,25,26). The summed E-state index contributed by atoms with van der Waals surface area (Å²) in [5, 5.41) is 8.52. The number of unbranched alkanes of at least 4 members (excludes halogenated alkanes) is 1. The minimum Gasteiger partial charge on any atom is -0.499 e. The first-order valence-corrected chi connectivity index (χ1v) is 12.3. The fraction of sp³-hybridized carbons (Fsp3) is 0.833. The van der Waals surface area contributed by atoms with E-state index in [1.807, 2.05) is 0 Å². The number of ether oxygens (including phenoxy) is 9. The number of hydrogen-bond acceptors (Lipinski definition) is 11. The van der Waals surface area contributed by atoms with E-state index in [4.69, 9.17) is 47.7 Å². The topological polar surface area (TPSA) is 137 Å². The lowest BCUT2D eigenvalue weighted by Gasteiger charge is -2.08. The molecule has 0 amide bonds. The Labute approximate surface area is 214 Å². The average Bonchev–Trinajstić information content (AvgIpc) is 2.86. The van der Waals surface area contributed by atoms with Crippen LogP contribution in [-0.2, 0) is 52.2 Å². The Bertz CT molecular complexity index is 503. The van der Waals surface area contributed by atoms with Gasteiger partial charge in [0, 0.05) is 12.8 Å². The first-order chi connectivity index (χ1) is 17.7. The van der Waals surface area contributed by atoms with Gasteiger partial charge in [0.15, 0.2) is 0 Å². The van der Waals surface area contributed by atoms with Crippen LogP contribution < -0.4 is 0 Å². The van der Waals surface area contributed by atoms with E-state index in [-0.39, 0.29) is 32.0 Å². The van der Waals surface area contributed by atoms with E-state index in [9.17, 15) is 9.59 Å². The molecule has 0 spiro atoms. The molecule has 212 valence electrons. The summed E-state index contributed by atoms with van der Waals surface area (Å²) in [7, 11) is 0. The fourth-order valence-corrected chi connectivity index (χ4v) is 2.44. The van der Waals surface area contributed by atoms with Crippen molar-refractivity contribution in [1.29, 1.82) is 0 Å². The molecule has 0 aromatic heterocycles. The normalized spacial score (nSPS) is 10.9. The van der Waals surface area contributed by atoms with Gasteiger partial charge >= 0.3 is 11.9 Å². The van der Waals surface area contributed by atoms with Gasteiger partial charge in [0.1, 0.15) is 13.2 Å². The van der Waals surface area contributed by atoms with Crippen LogP contribution in [-0.4, -0.2) is 123 Å². The second-order valence-electron chi connectivity index (χ2n) is 7.15. The van der Waals surface area contributed by atoms with Crippen molar-refractivity contribution in [3.8, 4) is 0 Å². The van der Waals surface area contributed by atoms with Gasteiger partial charge in [-0.25, -0.2) is 0 Å². The molecule has 0 aromatic carbocycles. The lowest BCUT2D eigenvalue weighted by atomic mass is 10.2. The van der Waals surface area contributed by atoms with Gasteiger partial charge in [0.05, 0.1) is 98.8 Å². The van der Waals surface area contributed by atoms with Gasteiger partial charge in [-0.05, 0) is 12.8 Å². The SMILES string of the molecule is C=COCCOCCOCCOCCOCCOCCOCCOCCOC(=O)CCCCC(=O)O. The van der Waals surface area contributed by atoms with E-state index in [0.717, 1.165) is 0 Å². The Hall–Kier alpha value is -1.80. The summed E-state index contributed by atoms with van der Waals surface area (Å²) < 4.78 is 47.5. The summed E-state index contributed by atoms with van der Waals surface area (Å²) in [4.78, 5) is 21.8. The minimum atomic E-state index is -0.861. The molecule has 0 aliphatic rings. The summed E-state index contributed by atoms with van der Waals surface area (Å²) in [5.74, 6) is -1.21. The second kappa shape index (κ2) is 29.4. The number of esters is 1. The van der Waals surface area contributed by atoms with Crippen molar-refractivity contribution >= 4 is 11.9 Å². The number of rotatable bonds is 30. The molecular weight excluding hydrogens is 480 g/mol. The summed E-state index contributed by atoms with van der Waals surface area (Å²) in [5.41, 5.74) is 0. The van der Waals surface area contributed by atoms with Crippen molar-refractivity contribution in [2.45, 2.75) is 25.7 Å². The molecule has 0 bridgehead atoms. The lowest BCUT2D eigenvalue weighted by Crippen LogP contribution is -2.15. The van der Waals surface area contributed by atoms with E-state index in [2.05, 4.69) is 6.58 Å². The molecular formula is C24H44O12. The molecule has 1 N–H and O–H groups in total. The number of aliphatic carboxylic acids is 1. The number of carboxylic acid groups (broad SMARTS) is 1. The Kier molecular flexibility index (Phi) is 28.0. The highest BCUT2D eigenvalue weighted by Gasteiger charge is 2.04. The first kappa shape index (κ1) is 34.2. The Morgan fingerprint density at radius 1 is 0.528 bits per heavy atom. The largest absolute Gasteiger partial charge is 0.499 e. The van der Waals surface area contributed by atoms with Gasteiger partial charge < -0.3 is 47.7 Å². The van der Waals surface area contributed by atoms with Crippen molar-refractivity contribution in [2.75, 3.05) is 106 Å². The van der Waals surface area contributed by atoms with Crippen LogP contribution in [0.4, 0.5) is 0 Å². The Morgan fingerprint density at radius 2 is 0.861 bits per heavy atom. The molecule has 0 rings (SSSR count). The highest BCUT2D eigenvalue weighted by molar-refractivity contribution is 5.69. The highest BCUT2D eigenvalue weighted by Crippen LogP contribution is 2.01. The van der Waals surface area contributed by atoms with Crippen LogP contribution in [0.2, 0.25) is 0 Å². The van der Waals surface area contributed by atoms with Crippen LogP contribution in [0.1, 0.15) is 25.7 Å². The number of carboxylic acids is 1. The molecule has 0 radical (unpaired) electrons. The summed E-state index contributed by atoms with van der Waals surface area (Å²) in [6.45, 7) is 10.6. The summed E-state index contributed by atoms with van der Waals surface area (Å²) in [6, 6.07) is 0. The van der Waals surface area contributed by atoms with Crippen molar-refractivity contribution in [1.82, 2.24) is 0 Å². The molecule has 0 atom stereocenters. The average molecular weight is 525 g/mol. The van der Waals surface area contributed by atoms with E-state index in [0.29, 0.717) is 105 Å². The third kappa shape index (κ3) is 30.2. The molecule has 0 aromatic rings. The molecule has 12 heteroatoms. The Morgan fingerprint density at radius 3 is 1.22 bits per heavy atom. The van der Waals surface area contributed by atoms with Crippen LogP contribution in [0.5, 0.6) is 0 Å². The predicted octanol–water partition coefficient (Wildman–Crippen LogP) is 1.45. The van der Waals surface area contributed by atoms with Gasteiger partial charge in [0.2, 0.25) is 0 Å². The van der Waals surface area contributed by atoms with Crippen LogP contribution in [0, 0.1) is 0 Å². The zero-order valence-electron chi connectivity index (χ0n) is 21.4. The summed E-state index contributed by atoms with van der Waals surface area (Å²) >= 11 is 0. The third-order valence-corrected chi connectivity index (χ3v) is 4.21. The monoisotopic (exact) mass is 524 g/mol. The molecule has 12 nitrogen and oxygen atoms in total. The van der Waals surface area contributed by atoms with Gasteiger partial charge in [-0.3, -0.25) is 9.59 Å². The van der Waals surface area contributed by atoms with Crippen molar-refractivity contribution < 1.29 is 57.3 Å². The van der Waals surface area contributed by atoms with Crippen LogP contribution in [0.15, 0.2) is 12.8 Å². The smallest absolute Gasteiger partial charge is 0.305 e. The van der Waals surface area contributed by atoms with Gasteiger partial charge in [-0.1, -0.05) is 6.58 Å². The van der Waals surface area contributed by atoms with Gasteiger partial charge in [0.25, 0.3) is 0 Å². The van der Waals surface area contributed by atoms with E-state index in [1.165, 1.54) is 6.26 Å². The maximum absolute atomic E-state index is 11.4. The molecule has 36 heavy (non-hydrogen) atoms. The fourth-order valence-electron chi connectivity index (χ4n) is 2.44. The number of hydrogen-bond donors (Lipinski definition) is 1. The molecule has 0 aliphatic carbocycles. The predicted molar refractivity (Wildman–Crippen MR) is 129 cm³/mol. The molecule has 0 aliphatic heterocycles. The van der Waals surface area contributed by atoms with E-state index < -0.39 is 5.97 Å². The maximum atomic E-state index is 11.4. The Balaban J connectivity index is 3.10. The van der Waals surface area contributed by atoms with E-state index >= 15 is 0 Å². The molecule has 0 fully saturated rings. The van der Waals surface area contributed by atoms with E-state index in [1.54, 1.807) is 0 Å². The van der Waals surface area contributed by atoms with Crippen LogP contribution >= 0.6 is 0 Å². The highest BCUT2D eigenvalue weighted by atomic mass is 16.6. The van der Waals surface area contributed by atoms with Crippen LogP contribution in [0.3, 0.4) is 0 Å². The molecule has 0 saturated heterocycles. The summed E-state index contributed by atoms with van der Waals surface area (Å²) in [6.07, 6.45) is 2.64. The molecule has 0 heterocycles. The lowest BCUT2D eigenvalue weighted by molar-refractivity contribution is -0.146. The van der Waals surface area contributed by atoms with Crippen molar-refractivity contribution in [3.05, 3.63) is 12.8 Å². The molecule has 0 saturated carbocycles. The zero-order chi connectivity index (χ0) is 26.4. The maximum Gasteiger partial charge on any atom is 0.305 e. The van der Waals surface area contributed by atoms with Gasteiger partial charge in [-0.2, -0.15) is 0 Å². The number of carbonyl (C=O) groups is 2. The second-order valence-corrected chi connectivity index (χ2v) is 7.15. The van der Waals surface area contributed by atoms with Crippen molar-refractivity contribution in [3.63, 3.8) is 0 Å². The quantitative estimate of drug-likeness (QED) is 0.0827. The third-order valence-electron chi connectivity index (χ3n) is 4.21.